The van der Waals surface area contributed by atoms with Crippen LogP contribution in [0.4, 0.5) is 5.69 Å². The van der Waals surface area contributed by atoms with Crippen molar-refractivity contribution in [3.05, 3.63) is 92.9 Å². The molecule has 0 heterocycles. The number of amides is 2. The molecule has 2 amide bonds. The third-order valence-corrected chi connectivity index (χ3v) is 9.02. The molecular weight excluding hydrogens is 593 g/mol. The number of rotatable bonds is 11. The lowest BCUT2D eigenvalue weighted by atomic mass is 10.1. The van der Waals surface area contributed by atoms with Gasteiger partial charge in [0.2, 0.25) is 11.8 Å². The molecule has 3 aromatic rings. The maximum Gasteiger partial charge on any atom is 0.264 e. The Balaban J connectivity index is 2.04. The molecule has 0 radical (unpaired) electrons. The average Bonchev–Trinajstić information content (AvgIpc) is 2.91. The smallest absolute Gasteiger partial charge is 0.264 e. The van der Waals surface area contributed by atoms with Crippen LogP contribution in [0.15, 0.2) is 71.6 Å². The minimum Gasteiger partial charge on any atom is -0.354 e. The van der Waals surface area contributed by atoms with Crippen LogP contribution in [-0.4, -0.2) is 44.3 Å². The molecule has 0 saturated carbocycles. The van der Waals surface area contributed by atoms with Crippen molar-refractivity contribution < 1.29 is 18.0 Å². The molecule has 0 bridgehead atoms. The topological polar surface area (TPSA) is 86.8 Å². The number of carbonyl (C=O) groups is 2. The Morgan fingerprint density at radius 2 is 1.55 bits per heavy atom. The largest absolute Gasteiger partial charge is 0.354 e. The van der Waals surface area contributed by atoms with Crippen molar-refractivity contribution in [3.63, 3.8) is 0 Å². The molecule has 3 aromatic carbocycles. The number of para-hydroxylation sites is 1. The number of anilines is 1. The summed E-state index contributed by atoms with van der Waals surface area (Å²) in [5, 5.41) is 3.89. The van der Waals surface area contributed by atoms with Crippen LogP contribution in [-0.2, 0) is 26.2 Å². The van der Waals surface area contributed by atoms with Crippen molar-refractivity contribution in [2.75, 3.05) is 17.4 Å². The first-order valence-corrected chi connectivity index (χ1v) is 15.2. The van der Waals surface area contributed by atoms with E-state index < -0.39 is 28.5 Å². The van der Waals surface area contributed by atoms with E-state index in [2.05, 4.69) is 5.32 Å². The van der Waals surface area contributed by atoms with Crippen molar-refractivity contribution in [3.8, 4) is 0 Å². The van der Waals surface area contributed by atoms with E-state index >= 15 is 0 Å². The van der Waals surface area contributed by atoms with Crippen LogP contribution in [0.25, 0.3) is 0 Å². The summed E-state index contributed by atoms with van der Waals surface area (Å²) in [4.78, 5) is 28.4. The van der Waals surface area contributed by atoms with Crippen LogP contribution >= 0.6 is 34.8 Å². The van der Waals surface area contributed by atoms with Gasteiger partial charge < -0.3 is 10.2 Å². The number of hydrogen-bond donors (Lipinski definition) is 1. The van der Waals surface area contributed by atoms with Crippen LogP contribution in [0.3, 0.4) is 0 Å². The average molecular weight is 625 g/mol. The van der Waals surface area contributed by atoms with Gasteiger partial charge in [-0.1, -0.05) is 72.9 Å². The van der Waals surface area contributed by atoms with Crippen LogP contribution in [0.5, 0.6) is 0 Å². The molecule has 0 aliphatic heterocycles. The standard InChI is InChI=1S/C29H32Cl3N3O4S/c1-19(2)16-33-29(37)21(4)34(17-22-9-14-25(31)26(32)15-22)28(36)18-35(27-8-6-5-7-20(27)3)40(38,39)24-12-10-23(30)11-13-24/h5-15,19,21H,16-18H2,1-4H3,(H,33,37)/t21-/m0/s1. The number of nitrogens with one attached hydrogen (secondary N) is 1. The number of aryl methyl sites for hydroxylation is 1. The van der Waals surface area contributed by atoms with Crippen molar-refractivity contribution in [1.82, 2.24) is 10.2 Å². The lowest BCUT2D eigenvalue weighted by molar-refractivity contribution is -0.139. The van der Waals surface area contributed by atoms with Gasteiger partial charge in [0.15, 0.2) is 0 Å². The Hall–Kier alpha value is -2.78. The lowest BCUT2D eigenvalue weighted by Crippen LogP contribution is -2.51. The van der Waals surface area contributed by atoms with Crippen molar-refractivity contribution in [2.45, 2.75) is 45.2 Å². The summed E-state index contributed by atoms with van der Waals surface area (Å²) in [6.45, 7) is 7.19. The zero-order valence-corrected chi connectivity index (χ0v) is 25.8. The van der Waals surface area contributed by atoms with Gasteiger partial charge in [-0.2, -0.15) is 0 Å². The van der Waals surface area contributed by atoms with E-state index in [1.165, 1.54) is 29.2 Å². The van der Waals surface area contributed by atoms with Gasteiger partial charge in [-0.15, -0.1) is 0 Å². The Kier molecular flexibility index (Phi) is 10.9. The first-order chi connectivity index (χ1) is 18.8. The lowest BCUT2D eigenvalue weighted by Gasteiger charge is -2.32. The molecular formula is C29H32Cl3N3O4S. The van der Waals surface area contributed by atoms with Gasteiger partial charge in [-0.25, -0.2) is 8.42 Å². The summed E-state index contributed by atoms with van der Waals surface area (Å²) in [6.07, 6.45) is 0. The molecule has 1 atom stereocenters. The van der Waals surface area contributed by atoms with Gasteiger partial charge >= 0.3 is 0 Å². The third-order valence-electron chi connectivity index (χ3n) is 6.25. The number of nitrogens with zero attached hydrogens (tertiary/aromatic N) is 2. The number of halogens is 3. The zero-order chi connectivity index (χ0) is 29.6. The van der Waals surface area contributed by atoms with E-state index in [9.17, 15) is 18.0 Å². The summed E-state index contributed by atoms with van der Waals surface area (Å²) in [6, 6.07) is 16.6. The molecule has 0 aromatic heterocycles. The monoisotopic (exact) mass is 623 g/mol. The van der Waals surface area contributed by atoms with E-state index in [1.807, 2.05) is 13.8 Å². The highest BCUT2D eigenvalue weighted by molar-refractivity contribution is 7.92. The highest BCUT2D eigenvalue weighted by Crippen LogP contribution is 2.28. The van der Waals surface area contributed by atoms with Gasteiger partial charge in [-0.05, 0) is 73.4 Å². The molecule has 3 rings (SSSR count). The summed E-state index contributed by atoms with van der Waals surface area (Å²) in [7, 11) is -4.19. The summed E-state index contributed by atoms with van der Waals surface area (Å²) in [5.41, 5.74) is 1.64. The minimum absolute atomic E-state index is 0.00852. The number of carbonyl (C=O) groups excluding carboxylic acids is 2. The Morgan fingerprint density at radius 3 is 2.15 bits per heavy atom. The van der Waals surface area contributed by atoms with Crippen LogP contribution in [0.2, 0.25) is 15.1 Å². The van der Waals surface area contributed by atoms with Crippen molar-refractivity contribution in [1.29, 1.82) is 0 Å². The summed E-state index contributed by atoms with van der Waals surface area (Å²) in [5.74, 6) is -0.722. The normalized spacial score (nSPS) is 12.2. The van der Waals surface area contributed by atoms with Crippen molar-refractivity contribution >= 4 is 62.3 Å². The maximum atomic E-state index is 14.0. The third kappa shape index (κ3) is 7.91. The molecule has 11 heteroatoms. The molecule has 0 spiro atoms. The number of hydrogen-bond acceptors (Lipinski definition) is 4. The SMILES string of the molecule is Cc1ccccc1N(CC(=O)N(Cc1ccc(Cl)c(Cl)c1)[C@@H](C)C(=O)NCC(C)C)S(=O)(=O)c1ccc(Cl)cc1. The summed E-state index contributed by atoms with van der Waals surface area (Å²) >= 11 is 18.3. The fraction of sp³-hybridized carbons (Fsp3) is 0.310. The number of sulfonamides is 1. The van der Waals surface area contributed by atoms with Gasteiger partial charge in [0.1, 0.15) is 12.6 Å². The molecule has 214 valence electrons. The zero-order valence-electron chi connectivity index (χ0n) is 22.7. The molecule has 40 heavy (non-hydrogen) atoms. The highest BCUT2D eigenvalue weighted by atomic mass is 35.5. The van der Waals surface area contributed by atoms with Gasteiger partial charge in [-0.3, -0.25) is 13.9 Å². The molecule has 0 fully saturated rings. The molecule has 7 nitrogen and oxygen atoms in total. The molecule has 0 saturated heterocycles. The first kappa shape index (κ1) is 31.7. The second-order valence-electron chi connectivity index (χ2n) is 9.84. The van der Waals surface area contributed by atoms with Crippen molar-refractivity contribution in [2.24, 2.45) is 5.92 Å². The maximum absolute atomic E-state index is 14.0. The molecule has 0 aliphatic rings. The van der Waals surface area contributed by atoms with Crippen LogP contribution < -0.4 is 9.62 Å². The van der Waals surface area contributed by atoms with Gasteiger partial charge in [0.05, 0.1) is 20.6 Å². The van der Waals surface area contributed by atoms with Gasteiger partial charge in [0, 0.05) is 18.1 Å². The van der Waals surface area contributed by atoms with Gasteiger partial charge in [0.25, 0.3) is 10.0 Å². The molecule has 1 N–H and O–H groups in total. The van der Waals surface area contributed by atoms with E-state index in [0.717, 1.165) is 4.31 Å². The molecule has 0 aliphatic carbocycles. The highest BCUT2D eigenvalue weighted by Gasteiger charge is 2.33. The van der Waals surface area contributed by atoms with E-state index in [-0.39, 0.29) is 23.3 Å². The van der Waals surface area contributed by atoms with Crippen LogP contribution in [0, 0.1) is 12.8 Å². The number of benzene rings is 3. The second-order valence-corrected chi connectivity index (χ2v) is 13.0. The quantitative estimate of drug-likeness (QED) is 0.270. The predicted molar refractivity (Wildman–Crippen MR) is 161 cm³/mol. The van der Waals surface area contributed by atoms with E-state index in [0.29, 0.717) is 38.4 Å². The molecule has 0 unspecified atom stereocenters. The Bertz CT molecular complexity index is 1460. The van der Waals surface area contributed by atoms with E-state index in [4.69, 9.17) is 34.8 Å². The van der Waals surface area contributed by atoms with E-state index in [1.54, 1.807) is 56.3 Å². The Morgan fingerprint density at radius 1 is 0.900 bits per heavy atom. The fourth-order valence-corrected chi connectivity index (χ4v) is 5.89. The fourth-order valence-electron chi connectivity index (χ4n) is 3.96. The predicted octanol–water partition coefficient (Wildman–Crippen LogP) is 6.34. The minimum atomic E-state index is -4.19. The first-order valence-electron chi connectivity index (χ1n) is 12.7. The second kappa shape index (κ2) is 13.7. The summed E-state index contributed by atoms with van der Waals surface area (Å²) < 4.78 is 28.8. The van der Waals surface area contributed by atoms with Crippen LogP contribution in [0.1, 0.15) is 31.9 Å². The Labute approximate surface area is 251 Å².